The Morgan fingerprint density at radius 2 is 1.74 bits per heavy atom. The summed E-state index contributed by atoms with van der Waals surface area (Å²) in [5.74, 6) is -0.145. The predicted molar refractivity (Wildman–Crippen MR) is 139 cm³/mol. The van der Waals surface area contributed by atoms with Crippen molar-refractivity contribution < 1.29 is 22.7 Å². The molecule has 2 aromatic carbocycles. The van der Waals surface area contributed by atoms with Crippen molar-refractivity contribution in [2.45, 2.75) is 46.7 Å². The number of hydrogen-bond donors (Lipinski definition) is 1. The molecule has 0 fully saturated rings. The van der Waals surface area contributed by atoms with Crippen molar-refractivity contribution in [2.75, 3.05) is 30.8 Å². The van der Waals surface area contributed by atoms with E-state index in [2.05, 4.69) is 5.32 Å². The SMILES string of the molecule is CC[C@H](C(=O)NCC(C)C)N(Cc1ccccc1)C(=O)CN(c1cc(C)ccc1OC)S(C)(=O)=O. The first-order valence-corrected chi connectivity index (χ1v) is 13.6. The highest BCUT2D eigenvalue weighted by Gasteiger charge is 2.32. The van der Waals surface area contributed by atoms with Crippen molar-refractivity contribution in [1.29, 1.82) is 0 Å². The second-order valence-corrected chi connectivity index (χ2v) is 10.9. The predicted octanol–water partition coefficient (Wildman–Crippen LogP) is 3.35. The largest absolute Gasteiger partial charge is 0.495 e. The minimum Gasteiger partial charge on any atom is -0.495 e. The maximum Gasteiger partial charge on any atom is 0.244 e. The van der Waals surface area contributed by atoms with Gasteiger partial charge in [0.05, 0.1) is 19.1 Å². The summed E-state index contributed by atoms with van der Waals surface area (Å²) >= 11 is 0. The summed E-state index contributed by atoms with van der Waals surface area (Å²) in [6, 6.07) is 13.7. The van der Waals surface area contributed by atoms with Crippen molar-refractivity contribution in [3.63, 3.8) is 0 Å². The molecule has 8 nitrogen and oxygen atoms in total. The van der Waals surface area contributed by atoms with E-state index in [1.807, 2.05) is 58.0 Å². The molecule has 0 unspecified atom stereocenters. The van der Waals surface area contributed by atoms with Crippen molar-refractivity contribution in [3.8, 4) is 5.75 Å². The van der Waals surface area contributed by atoms with Crippen LogP contribution in [0.5, 0.6) is 5.75 Å². The molecule has 192 valence electrons. The van der Waals surface area contributed by atoms with Crippen molar-refractivity contribution in [2.24, 2.45) is 5.92 Å². The van der Waals surface area contributed by atoms with Gasteiger partial charge in [-0.2, -0.15) is 0 Å². The topological polar surface area (TPSA) is 96.0 Å². The number of nitrogens with zero attached hydrogens (tertiary/aromatic N) is 2. The number of amides is 2. The van der Waals surface area contributed by atoms with Gasteiger partial charge in [-0.15, -0.1) is 0 Å². The molecule has 0 saturated heterocycles. The standard InChI is InChI=1S/C26H37N3O5S/c1-7-22(26(31)27-16-19(2)3)28(17-21-11-9-8-10-12-21)25(30)18-29(35(6,32)33)23-15-20(4)13-14-24(23)34-5/h8-15,19,22H,7,16-18H2,1-6H3,(H,27,31)/t22-/m1/s1. The zero-order valence-corrected chi connectivity index (χ0v) is 22.3. The van der Waals surface area contributed by atoms with Crippen LogP contribution in [0.1, 0.15) is 38.3 Å². The van der Waals surface area contributed by atoms with Gasteiger partial charge in [-0.1, -0.05) is 57.2 Å². The third-order valence-electron chi connectivity index (χ3n) is 5.55. The van der Waals surface area contributed by atoms with Crippen LogP contribution in [0.25, 0.3) is 0 Å². The zero-order valence-electron chi connectivity index (χ0n) is 21.4. The number of methoxy groups -OCH3 is 1. The van der Waals surface area contributed by atoms with E-state index in [4.69, 9.17) is 4.74 Å². The van der Waals surface area contributed by atoms with Gasteiger partial charge in [0.25, 0.3) is 0 Å². The number of benzene rings is 2. The lowest BCUT2D eigenvalue weighted by Gasteiger charge is -2.33. The molecule has 0 aliphatic heterocycles. The number of hydrogen-bond acceptors (Lipinski definition) is 5. The van der Waals surface area contributed by atoms with E-state index in [-0.39, 0.29) is 24.1 Å². The average molecular weight is 504 g/mol. The number of carbonyl (C=O) groups is 2. The van der Waals surface area contributed by atoms with Gasteiger partial charge < -0.3 is 15.0 Å². The van der Waals surface area contributed by atoms with Crippen LogP contribution in [-0.4, -0.2) is 57.6 Å². The number of carbonyl (C=O) groups excluding carboxylic acids is 2. The molecule has 0 heterocycles. The normalized spacial score (nSPS) is 12.2. The Morgan fingerprint density at radius 1 is 1.09 bits per heavy atom. The molecule has 0 radical (unpaired) electrons. The average Bonchev–Trinajstić information content (AvgIpc) is 2.80. The van der Waals surface area contributed by atoms with E-state index in [9.17, 15) is 18.0 Å². The van der Waals surface area contributed by atoms with Crippen LogP contribution in [-0.2, 0) is 26.2 Å². The summed E-state index contributed by atoms with van der Waals surface area (Å²) in [5, 5.41) is 2.91. The Labute approximate surface area is 209 Å². The fourth-order valence-electron chi connectivity index (χ4n) is 3.71. The first kappa shape index (κ1) is 28.2. The van der Waals surface area contributed by atoms with Gasteiger partial charge in [0.15, 0.2) is 0 Å². The van der Waals surface area contributed by atoms with E-state index < -0.39 is 28.5 Å². The third-order valence-corrected chi connectivity index (χ3v) is 6.67. The molecule has 0 bridgehead atoms. The van der Waals surface area contributed by atoms with Crippen molar-refractivity contribution >= 4 is 27.5 Å². The van der Waals surface area contributed by atoms with Gasteiger partial charge in [-0.3, -0.25) is 13.9 Å². The number of ether oxygens (including phenoxy) is 1. The summed E-state index contributed by atoms with van der Waals surface area (Å²) in [6.45, 7) is 7.86. The van der Waals surface area contributed by atoms with Gasteiger partial charge in [-0.05, 0) is 42.5 Å². The zero-order chi connectivity index (χ0) is 26.2. The molecule has 0 saturated carbocycles. The maximum atomic E-state index is 13.7. The minimum atomic E-state index is -3.84. The molecule has 0 aromatic heterocycles. The lowest BCUT2D eigenvalue weighted by atomic mass is 10.1. The quantitative estimate of drug-likeness (QED) is 0.479. The second-order valence-electron chi connectivity index (χ2n) is 9.02. The highest BCUT2D eigenvalue weighted by atomic mass is 32.2. The Kier molecular flexibility index (Phi) is 10.1. The maximum absolute atomic E-state index is 13.7. The number of sulfonamides is 1. The highest BCUT2D eigenvalue weighted by Crippen LogP contribution is 2.31. The summed E-state index contributed by atoms with van der Waals surface area (Å²) in [6.07, 6.45) is 1.44. The Hall–Kier alpha value is -3.07. The lowest BCUT2D eigenvalue weighted by Crippen LogP contribution is -2.52. The van der Waals surface area contributed by atoms with E-state index in [1.165, 1.54) is 12.0 Å². The van der Waals surface area contributed by atoms with Crippen LogP contribution in [0.4, 0.5) is 5.69 Å². The second kappa shape index (κ2) is 12.6. The molecule has 2 amide bonds. The number of anilines is 1. The van der Waals surface area contributed by atoms with Crippen LogP contribution < -0.4 is 14.4 Å². The van der Waals surface area contributed by atoms with Gasteiger partial charge >= 0.3 is 0 Å². The number of rotatable bonds is 12. The van der Waals surface area contributed by atoms with Crippen molar-refractivity contribution in [1.82, 2.24) is 10.2 Å². The summed E-state index contributed by atoms with van der Waals surface area (Å²) in [7, 11) is -2.39. The van der Waals surface area contributed by atoms with E-state index >= 15 is 0 Å². The van der Waals surface area contributed by atoms with Gasteiger partial charge in [-0.25, -0.2) is 8.42 Å². The molecular weight excluding hydrogens is 466 g/mol. The highest BCUT2D eigenvalue weighted by molar-refractivity contribution is 7.92. The van der Waals surface area contributed by atoms with E-state index in [0.717, 1.165) is 21.7 Å². The molecule has 0 aliphatic carbocycles. The van der Waals surface area contributed by atoms with Crippen LogP contribution in [0.15, 0.2) is 48.5 Å². The van der Waals surface area contributed by atoms with Crippen molar-refractivity contribution in [3.05, 3.63) is 59.7 Å². The van der Waals surface area contributed by atoms with Crippen LogP contribution >= 0.6 is 0 Å². The Bertz CT molecular complexity index is 1100. The first-order chi connectivity index (χ1) is 16.5. The monoisotopic (exact) mass is 503 g/mol. The summed E-state index contributed by atoms with van der Waals surface area (Å²) in [4.78, 5) is 28.2. The summed E-state index contributed by atoms with van der Waals surface area (Å²) in [5.41, 5.74) is 1.94. The smallest absolute Gasteiger partial charge is 0.244 e. The van der Waals surface area contributed by atoms with Crippen LogP contribution in [0.3, 0.4) is 0 Å². The fraction of sp³-hybridized carbons (Fsp3) is 0.462. The molecule has 0 aliphatic rings. The molecule has 1 N–H and O–H groups in total. The van der Waals surface area contributed by atoms with Crippen LogP contribution in [0, 0.1) is 12.8 Å². The van der Waals surface area contributed by atoms with Gasteiger partial charge in [0.1, 0.15) is 18.3 Å². The fourth-order valence-corrected chi connectivity index (χ4v) is 4.56. The lowest BCUT2D eigenvalue weighted by molar-refractivity contribution is -0.140. The Morgan fingerprint density at radius 3 is 2.29 bits per heavy atom. The number of nitrogens with one attached hydrogen (secondary N) is 1. The summed E-state index contributed by atoms with van der Waals surface area (Å²) < 4.78 is 32.0. The molecule has 2 aromatic rings. The molecule has 35 heavy (non-hydrogen) atoms. The molecular formula is C26H37N3O5S. The molecule has 2 rings (SSSR count). The van der Waals surface area contributed by atoms with Gasteiger partial charge in [0, 0.05) is 13.1 Å². The molecule has 0 spiro atoms. The third kappa shape index (κ3) is 7.99. The minimum absolute atomic E-state index is 0.176. The number of aryl methyl sites for hydroxylation is 1. The van der Waals surface area contributed by atoms with E-state index in [0.29, 0.717) is 18.7 Å². The van der Waals surface area contributed by atoms with Gasteiger partial charge in [0.2, 0.25) is 21.8 Å². The molecule has 1 atom stereocenters. The van der Waals surface area contributed by atoms with Crippen LogP contribution in [0.2, 0.25) is 0 Å². The first-order valence-electron chi connectivity index (χ1n) is 11.7. The Balaban J connectivity index is 2.46. The molecule has 9 heteroatoms. The van der Waals surface area contributed by atoms with E-state index in [1.54, 1.807) is 18.2 Å².